The van der Waals surface area contributed by atoms with Crippen molar-refractivity contribution in [2.75, 3.05) is 50.6 Å². The fourth-order valence-electron chi connectivity index (χ4n) is 5.97. The summed E-state index contributed by atoms with van der Waals surface area (Å²) in [6.07, 6.45) is 4.43. The maximum atomic E-state index is 14.2. The quantitative estimate of drug-likeness (QED) is 0.0510. The number of carboxylic acid groups (broad SMARTS) is 1. The van der Waals surface area contributed by atoms with Crippen LogP contribution in [0.3, 0.4) is 0 Å². The highest BCUT2D eigenvalue weighted by atomic mass is 32.2. The molecule has 1 fully saturated rings. The van der Waals surface area contributed by atoms with Gasteiger partial charge in [0.05, 0.1) is 50.3 Å². The third-order valence-electron chi connectivity index (χ3n) is 8.71. The van der Waals surface area contributed by atoms with Gasteiger partial charge in [0.25, 0.3) is 5.91 Å². The first-order valence-corrected chi connectivity index (χ1v) is 18.8. The number of carboxylic acids is 1. The fraction of sp³-hybridized carbons (Fsp3) is 0.368. The van der Waals surface area contributed by atoms with Crippen LogP contribution < -0.4 is 9.62 Å². The summed E-state index contributed by atoms with van der Waals surface area (Å²) in [5.41, 5.74) is 3.53. The molecule has 2 N–H and O–H groups in total. The second-order valence-corrected chi connectivity index (χ2v) is 14.5. The number of furan rings is 1. The number of ketones is 2. The van der Waals surface area contributed by atoms with Gasteiger partial charge < -0.3 is 24.3 Å². The lowest BCUT2D eigenvalue weighted by Gasteiger charge is -2.22. The summed E-state index contributed by atoms with van der Waals surface area (Å²) in [6.45, 7) is 1.13. The van der Waals surface area contributed by atoms with E-state index in [2.05, 4.69) is 5.32 Å². The molecule has 276 valence electrons. The zero-order valence-electron chi connectivity index (χ0n) is 29.0. The largest absolute Gasteiger partial charge is 0.475 e. The van der Waals surface area contributed by atoms with Crippen molar-refractivity contribution in [2.45, 2.75) is 44.4 Å². The molecule has 0 saturated heterocycles. The Morgan fingerprint density at radius 2 is 1.71 bits per heavy atom. The van der Waals surface area contributed by atoms with Crippen LogP contribution in [0, 0.1) is 5.82 Å². The van der Waals surface area contributed by atoms with Gasteiger partial charge in [-0.15, -0.1) is 0 Å². The van der Waals surface area contributed by atoms with Crippen molar-refractivity contribution in [3.8, 4) is 11.3 Å². The van der Waals surface area contributed by atoms with Crippen LogP contribution in [0.15, 0.2) is 65.1 Å². The number of rotatable bonds is 20. The third-order valence-corrected chi connectivity index (χ3v) is 9.91. The van der Waals surface area contributed by atoms with Crippen LogP contribution in [0.2, 0.25) is 0 Å². The minimum Gasteiger partial charge on any atom is -0.475 e. The molecule has 0 spiro atoms. The molecule has 0 unspecified atom stereocenters. The second-order valence-electron chi connectivity index (χ2n) is 12.6. The van der Waals surface area contributed by atoms with Gasteiger partial charge in [0, 0.05) is 36.2 Å². The Morgan fingerprint density at radius 3 is 2.40 bits per heavy atom. The van der Waals surface area contributed by atoms with Crippen LogP contribution in [0.4, 0.5) is 10.1 Å². The van der Waals surface area contributed by atoms with Crippen LogP contribution in [0.25, 0.3) is 22.3 Å². The average Bonchev–Trinajstić information content (AvgIpc) is 3.89. The SMILES string of the molecule is CNC(=O)c1c(-c2ccc(F)cc2C2CC2)oc2cc(N(CCOCCOCCCCc3cccc(C(=O)CC(=O)C(=O)O)c3)S(C)(=O)=O)ccc12. The molecule has 14 heteroatoms. The number of Topliss-reactive ketones (excluding diaryl/α,β-unsaturated/α-hetero) is 2. The number of ether oxygens (including phenoxy) is 2. The lowest BCUT2D eigenvalue weighted by atomic mass is 9.97. The van der Waals surface area contributed by atoms with Crippen molar-refractivity contribution in [1.82, 2.24) is 5.32 Å². The monoisotopic (exact) mass is 736 g/mol. The highest BCUT2D eigenvalue weighted by molar-refractivity contribution is 7.92. The molecule has 1 aromatic heterocycles. The molecule has 0 atom stereocenters. The summed E-state index contributed by atoms with van der Waals surface area (Å²) >= 11 is 0. The number of aryl methyl sites for hydroxylation is 1. The number of sulfonamides is 1. The maximum Gasteiger partial charge on any atom is 0.372 e. The van der Waals surface area contributed by atoms with Gasteiger partial charge >= 0.3 is 5.97 Å². The van der Waals surface area contributed by atoms with Gasteiger partial charge in [0.15, 0.2) is 5.78 Å². The summed E-state index contributed by atoms with van der Waals surface area (Å²) in [4.78, 5) is 47.3. The zero-order valence-corrected chi connectivity index (χ0v) is 29.8. The van der Waals surface area contributed by atoms with Gasteiger partial charge in [-0.2, -0.15) is 0 Å². The van der Waals surface area contributed by atoms with Crippen LogP contribution in [-0.2, 0) is 35.5 Å². The fourth-order valence-corrected chi connectivity index (χ4v) is 6.87. The van der Waals surface area contributed by atoms with Crippen LogP contribution in [0.5, 0.6) is 0 Å². The number of carbonyl (C=O) groups excluding carboxylic acids is 3. The number of halogens is 1. The Balaban J connectivity index is 1.12. The number of hydrogen-bond donors (Lipinski definition) is 2. The van der Waals surface area contributed by atoms with E-state index in [4.69, 9.17) is 19.0 Å². The Labute approximate surface area is 300 Å². The number of fused-ring (bicyclic) bond motifs is 1. The number of benzene rings is 3. The van der Waals surface area contributed by atoms with Gasteiger partial charge in [-0.3, -0.25) is 18.7 Å². The van der Waals surface area contributed by atoms with E-state index >= 15 is 0 Å². The molecular weight excluding hydrogens is 695 g/mol. The highest BCUT2D eigenvalue weighted by Gasteiger charge is 2.31. The summed E-state index contributed by atoms with van der Waals surface area (Å²) < 4.78 is 58.6. The lowest BCUT2D eigenvalue weighted by molar-refractivity contribution is -0.148. The van der Waals surface area contributed by atoms with E-state index in [0.717, 1.165) is 43.1 Å². The first-order chi connectivity index (χ1) is 24.9. The Hall–Kier alpha value is -4.92. The standard InChI is InChI=1S/C38H41FN2O10S/c1-40-37(44)35-30-14-12-28(22-34(30)51-36(35)29-13-11-27(39)21-31(29)25-9-10-25)41(52(2,47)48)15-17-50-19-18-49-16-4-3-6-24-7-5-8-26(20-24)32(42)23-33(43)38(45)46/h5,7-8,11-14,20-22,25H,3-4,6,9-10,15-19,23H2,1-2H3,(H,40,44)(H,45,46). The molecule has 5 rings (SSSR count). The lowest BCUT2D eigenvalue weighted by Crippen LogP contribution is -2.33. The Kier molecular flexibility index (Phi) is 12.6. The molecule has 0 radical (unpaired) electrons. The van der Waals surface area contributed by atoms with E-state index in [-0.39, 0.29) is 37.4 Å². The topological polar surface area (TPSA) is 170 Å². The Morgan fingerprint density at radius 1 is 0.962 bits per heavy atom. The molecule has 1 amide bonds. The molecule has 1 aliphatic carbocycles. The van der Waals surface area contributed by atoms with Gasteiger partial charge in [0.1, 0.15) is 17.2 Å². The van der Waals surface area contributed by atoms with Crippen molar-refractivity contribution in [1.29, 1.82) is 0 Å². The molecule has 1 heterocycles. The van der Waals surface area contributed by atoms with Crippen molar-refractivity contribution >= 4 is 50.1 Å². The third kappa shape index (κ3) is 9.69. The van der Waals surface area contributed by atoms with E-state index in [1.54, 1.807) is 42.5 Å². The van der Waals surface area contributed by atoms with Crippen LogP contribution in [0.1, 0.15) is 69.9 Å². The Bertz CT molecular complexity index is 2070. The van der Waals surface area contributed by atoms with E-state index < -0.39 is 34.0 Å². The summed E-state index contributed by atoms with van der Waals surface area (Å²) in [7, 11) is -2.21. The normalized spacial score (nSPS) is 12.9. The van der Waals surface area contributed by atoms with Gasteiger partial charge in [-0.1, -0.05) is 18.2 Å². The predicted octanol–water partition coefficient (Wildman–Crippen LogP) is 5.52. The number of hydrogen-bond acceptors (Lipinski definition) is 9. The van der Waals surface area contributed by atoms with E-state index in [0.29, 0.717) is 58.7 Å². The van der Waals surface area contributed by atoms with Crippen LogP contribution >= 0.6 is 0 Å². The van der Waals surface area contributed by atoms with Gasteiger partial charge in [-0.25, -0.2) is 17.6 Å². The molecule has 3 aromatic carbocycles. The highest BCUT2D eigenvalue weighted by Crippen LogP contribution is 2.47. The molecule has 0 aliphatic heterocycles. The molecule has 1 saturated carbocycles. The molecule has 52 heavy (non-hydrogen) atoms. The maximum absolute atomic E-state index is 14.2. The number of carbonyl (C=O) groups is 4. The first-order valence-electron chi connectivity index (χ1n) is 17.0. The van der Waals surface area contributed by atoms with E-state index in [1.165, 1.54) is 23.5 Å². The number of aliphatic carboxylic acids is 1. The average molecular weight is 737 g/mol. The summed E-state index contributed by atoms with van der Waals surface area (Å²) in [6, 6.07) is 16.0. The molecule has 1 aliphatic rings. The zero-order chi connectivity index (χ0) is 37.4. The molecular formula is C38H41FN2O10S. The van der Waals surface area contributed by atoms with Crippen molar-refractivity contribution in [3.05, 3.63) is 88.7 Å². The van der Waals surface area contributed by atoms with Gasteiger partial charge in [-0.05, 0) is 85.5 Å². The van der Waals surface area contributed by atoms with Crippen LogP contribution in [-0.4, -0.2) is 83.2 Å². The molecule has 12 nitrogen and oxygen atoms in total. The molecule has 4 aromatic rings. The van der Waals surface area contributed by atoms with Crippen molar-refractivity contribution < 1.29 is 51.0 Å². The number of anilines is 1. The molecule has 0 bridgehead atoms. The minimum absolute atomic E-state index is 0.0238. The smallest absolute Gasteiger partial charge is 0.372 e. The number of unbranched alkanes of at least 4 members (excludes halogenated alkanes) is 1. The number of amides is 1. The second kappa shape index (κ2) is 17.1. The van der Waals surface area contributed by atoms with Gasteiger partial charge in [0.2, 0.25) is 15.8 Å². The van der Waals surface area contributed by atoms with Crippen molar-refractivity contribution in [2.24, 2.45) is 0 Å². The first kappa shape index (κ1) is 38.3. The summed E-state index contributed by atoms with van der Waals surface area (Å²) in [5, 5.41) is 11.9. The summed E-state index contributed by atoms with van der Waals surface area (Å²) in [5.74, 6) is -3.57. The predicted molar refractivity (Wildman–Crippen MR) is 192 cm³/mol. The minimum atomic E-state index is -3.72. The van der Waals surface area contributed by atoms with Crippen molar-refractivity contribution in [3.63, 3.8) is 0 Å². The van der Waals surface area contributed by atoms with E-state index in [9.17, 15) is 32.0 Å². The van der Waals surface area contributed by atoms with E-state index in [1.807, 2.05) is 6.07 Å². The number of nitrogens with zero attached hydrogens (tertiary/aromatic N) is 1. The number of nitrogens with one attached hydrogen (secondary N) is 1.